The van der Waals surface area contributed by atoms with Gasteiger partial charge in [0, 0.05) is 24.8 Å². The van der Waals surface area contributed by atoms with Crippen LogP contribution in [-0.4, -0.2) is 24.5 Å². The molecule has 0 aliphatic rings. The van der Waals surface area contributed by atoms with Gasteiger partial charge in [0.25, 0.3) is 5.91 Å². The third-order valence-corrected chi connectivity index (χ3v) is 3.66. The molecule has 128 valence electrons. The first-order valence-corrected chi connectivity index (χ1v) is 8.19. The molecule has 1 aromatic carbocycles. The zero-order valence-corrected chi connectivity index (χ0v) is 14.5. The van der Waals surface area contributed by atoms with Crippen molar-refractivity contribution in [2.24, 2.45) is 5.92 Å². The van der Waals surface area contributed by atoms with Crippen molar-refractivity contribution in [3.8, 4) is 5.75 Å². The van der Waals surface area contributed by atoms with E-state index >= 15 is 0 Å². The van der Waals surface area contributed by atoms with E-state index < -0.39 is 0 Å². The van der Waals surface area contributed by atoms with E-state index in [-0.39, 0.29) is 5.91 Å². The molecule has 0 radical (unpaired) electrons. The molecule has 0 atom stereocenters. The predicted molar refractivity (Wildman–Crippen MR) is 96.3 cm³/mol. The van der Waals surface area contributed by atoms with Crippen LogP contribution < -0.4 is 15.4 Å². The van der Waals surface area contributed by atoms with Gasteiger partial charge in [0.15, 0.2) is 0 Å². The van der Waals surface area contributed by atoms with Crippen molar-refractivity contribution >= 4 is 11.7 Å². The minimum Gasteiger partial charge on any atom is -0.497 e. The molecule has 1 aromatic heterocycles. The van der Waals surface area contributed by atoms with E-state index in [2.05, 4.69) is 29.5 Å². The van der Waals surface area contributed by atoms with Crippen LogP contribution >= 0.6 is 0 Å². The monoisotopic (exact) mass is 327 g/mol. The van der Waals surface area contributed by atoms with Crippen LogP contribution in [0.3, 0.4) is 0 Å². The second-order valence-corrected chi connectivity index (χ2v) is 6.07. The highest BCUT2D eigenvalue weighted by Crippen LogP contribution is 2.13. The van der Waals surface area contributed by atoms with Gasteiger partial charge in [0.2, 0.25) is 0 Å². The fourth-order valence-electron chi connectivity index (χ4n) is 2.18. The van der Waals surface area contributed by atoms with E-state index in [1.807, 2.05) is 24.3 Å². The van der Waals surface area contributed by atoms with E-state index in [1.54, 1.807) is 25.4 Å². The largest absolute Gasteiger partial charge is 0.497 e. The Morgan fingerprint density at radius 1 is 1.21 bits per heavy atom. The Bertz CT molecular complexity index is 654. The molecule has 2 aromatic rings. The molecule has 1 heterocycles. The standard InChI is InChI=1S/C19H25N3O2/c1-14(2)8-10-21-19(23)16-9-11-20-18(12-16)22-13-15-4-6-17(24-3)7-5-15/h4-7,9,11-12,14H,8,10,13H2,1-3H3,(H,20,22)(H,21,23). The van der Waals surface area contributed by atoms with E-state index in [1.165, 1.54) is 0 Å². The molecular weight excluding hydrogens is 302 g/mol. The van der Waals surface area contributed by atoms with Gasteiger partial charge in [0.05, 0.1) is 7.11 Å². The molecule has 0 spiro atoms. The molecule has 0 saturated carbocycles. The SMILES string of the molecule is COc1ccc(CNc2cc(C(=O)NCCC(C)C)ccn2)cc1. The summed E-state index contributed by atoms with van der Waals surface area (Å²) in [5, 5.41) is 6.17. The summed E-state index contributed by atoms with van der Waals surface area (Å²) in [6.07, 6.45) is 2.62. The third-order valence-electron chi connectivity index (χ3n) is 3.66. The number of carbonyl (C=O) groups excluding carboxylic acids is 1. The summed E-state index contributed by atoms with van der Waals surface area (Å²) in [5.74, 6) is 2.02. The van der Waals surface area contributed by atoms with Gasteiger partial charge >= 0.3 is 0 Å². The van der Waals surface area contributed by atoms with Crippen LogP contribution in [0.5, 0.6) is 5.75 Å². The third kappa shape index (κ3) is 5.57. The molecule has 2 N–H and O–H groups in total. The van der Waals surface area contributed by atoms with E-state index in [0.29, 0.717) is 30.4 Å². The Morgan fingerprint density at radius 3 is 2.62 bits per heavy atom. The number of methoxy groups -OCH3 is 1. The molecule has 1 amide bonds. The van der Waals surface area contributed by atoms with Crippen molar-refractivity contribution < 1.29 is 9.53 Å². The second-order valence-electron chi connectivity index (χ2n) is 6.07. The first-order valence-electron chi connectivity index (χ1n) is 8.19. The first-order chi connectivity index (χ1) is 11.6. The Balaban J connectivity index is 1.90. The van der Waals surface area contributed by atoms with Crippen molar-refractivity contribution in [3.63, 3.8) is 0 Å². The lowest BCUT2D eigenvalue weighted by molar-refractivity contribution is 0.0952. The van der Waals surface area contributed by atoms with Crippen LogP contribution in [0.25, 0.3) is 0 Å². The number of nitrogens with one attached hydrogen (secondary N) is 2. The Labute approximate surface area is 143 Å². The summed E-state index contributed by atoms with van der Waals surface area (Å²) in [6, 6.07) is 11.3. The highest BCUT2D eigenvalue weighted by atomic mass is 16.5. The number of ether oxygens (including phenoxy) is 1. The van der Waals surface area contributed by atoms with Gasteiger partial charge in [-0.3, -0.25) is 4.79 Å². The minimum atomic E-state index is -0.0643. The summed E-state index contributed by atoms with van der Waals surface area (Å²) >= 11 is 0. The van der Waals surface area contributed by atoms with Gasteiger partial charge in [-0.05, 0) is 42.2 Å². The summed E-state index contributed by atoms with van der Waals surface area (Å²) in [7, 11) is 1.65. The number of anilines is 1. The lowest BCUT2D eigenvalue weighted by Gasteiger charge is -2.09. The summed E-state index contributed by atoms with van der Waals surface area (Å²) in [5.41, 5.74) is 1.73. The van der Waals surface area contributed by atoms with Crippen LogP contribution in [0.2, 0.25) is 0 Å². The van der Waals surface area contributed by atoms with Crippen molar-refractivity contribution in [2.45, 2.75) is 26.8 Å². The number of hydrogen-bond donors (Lipinski definition) is 2. The minimum absolute atomic E-state index is 0.0643. The number of benzene rings is 1. The average Bonchev–Trinajstić information content (AvgIpc) is 2.60. The first kappa shape index (κ1) is 17.8. The molecule has 0 aliphatic carbocycles. The Kier molecular flexibility index (Phi) is 6.61. The zero-order chi connectivity index (χ0) is 17.4. The number of pyridine rings is 1. The maximum atomic E-state index is 12.1. The second kappa shape index (κ2) is 8.91. The molecule has 5 nitrogen and oxygen atoms in total. The van der Waals surface area contributed by atoms with Crippen LogP contribution in [-0.2, 0) is 6.54 Å². The van der Waals surface area contributed by atoms with Crippen molar-refractivity contribution in [3.05, 3.63) is 53.7 Å². The van der Waals surface area contributed by atoms with E-state index in [0.717, 1.165) is 17.7 Å². The molecule has 0 unspecified atom stereocenters. The molecule has 5 heteroatoms. The zero-order valence-electron chi connectivity index (χ0n) is 14.5. The number of nitrogens with zero attached hydrogens (tertiary/aromatic N) is 1. The Hall–Kier alpha value is -2.56. The van der Waals surface area contributed by atoms with E-state index in [4.69, 9.17) is 4.74 Å². The van der Waals surface area contributed by atoms with Gasteiger partial charge in [0.1, 0.15) is 11.6 Å². The molecule has 24 heavy (non-hydrogen) atoms. The number of carbonyl (C=O) groups is 1. The van der Waals surface area contributed by atoms with Crippen LogP contribution in [0, 0.1) is 5.92 Å². The van der Waals surface area contributed by atoms with Gasteiger partial charge in [-0.1, -0.05) is 26.0 Å². The average molecular weight is 327 g/mol. The molecule has 0 saturated heterocycles. The molecule has 0 aliphatic heterocycles. The smallest absolute Gasteiger partial charge is 0.251 e. The van der Waals surface area contributed by atoms with Crippen molar-refractivity contribution in [2.75, 3.05) is 19.0 Å². The van der Waals surface area contributed by atoms with Gasteiger partial charge in [-0.25, -0.2) is 4.98 Å². The topological polar surface area (TPSA) is 63.2 Å². The number of amides is 1. The van der Waals surface area contributed by atoms with Crippen molar-refractivity contribution in [1.82, 2.24) is 10.3 Å². The van der Waals surface area contributed by atoms with Gasteiger partial charge in [-0.2, -0.15) is 0 Å². The highest BCUT2D eigenvalue weighted by molar-refractivity contribution is 5.94. The highest BCUT2D eigenvalue weighted by Gasteiger charge is 2.07. The molecular formula is C19H25N3O2. The summed E-state index contributed by atoms with van der Waals surface area (Å²) < 4.78 is 5.14. The number of rotatable bonds is 8. The maximum Gasteiger partial charge on any atom is 0.251 e. The summed E-state index contributed by atoms with van der Waals surface area (Å²) in [4.78, 5) is 16.4. The Morgan fingerprint density at radius 2 is 1.96 bits per heavy atom. The lowest BCUT2D eigenvalue weighted by atomic mass is 10.1. The molecule has 0 bridgehead atoms. The quantitative estimate of drug-likeness (QED) is 0.779. The fraction of sp³-hybridized carbons (Fsp3) is 0.368. The van der Waals surface area contributed by atoms with Crippen LogP contribution in [0.1, 0.15) is 36.2 Å². The molecule has 0 fully saturated rings. The number of hydrogen-bond acceptors (Lipinski definition) is 4. The fourth-order valence-corrected chi connectivity index (χ4v) is 2.18. The predicted octanol–water partition coefficient (Wildman–Crippen LogP) is 3.48. The van der Waals surface area contributed by atoms with Crippen molar-refractivity contribution in [1.29, 1.82) is 0 Å². The number of aromatic nitrogens is 1. The lowest BCUT2D eigenvalue weighted by Crippen LogP contribution is -2.25. The summed E-state index contributed by atoms with van der Waals surface area (Å²) in [6.45, 7) is 5.60. The van der Waals surface area contributed by atoms with Gasteiger partial charge in [-0.15, -0.1) is 0 Å². The van der Waals surface area contributed by atoms with E-state index in [9.17, 15) is 4.79 Å². The normalized spacial score (nSPS) is 10.5. The van der Waals surface area contributed by atoms with Crippen LogP contribution in [0.15, 0.2) is 42.6 Å². The molecule has 2 rings (SSSR count). The maximum absolute atomic E-state index is 12.1. The van der Waals surface area contributed by atoms with Crippen LogP contribution in [0.4, 0.5) is 5.82 Å². The van der Waals surface area contributed by atoms with Gasteiger partial charge < -0.3 is 15.4 Å².